The van der Waals surface area contributed by atoms with Gasteiger partial charge >= 0.3 is 0 Å². The van der Waals surface area contributed by atoms with E-state index in [4.69, 9.17) is 0 Å². The van der Waals surface area contributed by atoms with Crippen molar-refractivity contribution in [1.29, 1.82) is 0 Å². The molecule has 2 nitrogen and oxygen atoms in total. The summed E-state index contributed by atoms with van der Waals surface area (Å²) in [5.74, 6) is 0. The highest BCUT2D eigenvalue weighted by atomic mass is 79.9. The Labute approximate surface area is 157 Å². The Morgan fingerprint density at radius 2 is 1.96 bits per heavy atom. The van der Waals surface area contributed by atoms with E-state index in [-0.39, 0.29) is 12.4 Å². The summed E-state index contributed by atoms with van der Waals surface area (Å²) in [5, 5.41) is 5.14. The average molecular weight is 406 g/mol. The van der Waals surface area contributed by atoms with Crippen molar-refractivity contribution in [2.75, 3.05) is 6.54 Å². The molecule has 0 fully saturated rings. The first-order valence-corrected chi connectivity index (χ1v) is 9.18. The van der Waals surface area contributed by atoms with Crippen LogP contribution in [-0.2, 0) is 12.8 Å². The van der Waals surface area contributed by atoms with Gasteiger partial charge in [-0.25, -0.2) is 0 Å². The lowest BCUT2D eigenvalue weighted by Crippen LogP contribution is -2.27. The average Bonchev–Trinajstić information content (AvgIpc) is 2.95. The van der Waals surface area contributed by atoms with E-state index in [9.17, 15) is 0 Å². The second-order valence-electron chi connectivity index (χ2n) is 6.34. The molecule has 2 aromatic carbocycles. The van der Waals surface area contributed by atoms with Crippen LogP contribution in [0.15, 0.2) is 53.0 Å². The van der Waals surface area contributed by atoms with Crippen LogP contribution in [0.2, 0.25) is 0 Å². The molecule has 0 saturated heterocycles. The fraction of sp³-hybridized carbons (Fsp3) is 0.300. The molecule has 1 aromatic heterocycles. The SMILES string of the molecule is Brc1ccc2[nH]c3c(c2c1)CCCC3NCCc1ccccc1.Cl. The van der Waals surface area contributed by atoms with Gasteiger partial charge in [-0.3, -0.25) is 0 Å². The minimum absolute atomic E-state index is 0. The molecule has 0 radical (unpaired) electrons. The van der Waals surface area contributed by atoms with Crippen LogP contribution in [0.25, 0.3) is 10.9 Å². The minimum Gasteiger partial charge on any atom is -0.357 e. The van der Waals surface area contributed by atoms with Gasteiger partial charge < -0.3 is 10.3 Å². The molecule has 1 heterocycles. The van der Waals surface area contributed by atoms with Crippen molar-refractivity contribution in [1.82, 2.24) is 10.3 Å². The molecule has 24 heavy (non-hydrogen) atoms. The van der Waals surface area contributed by atoms with Gasteiger partial charge in [0.1, 0.15) is 0 Å². The van der Waals surface area contributed by atoms with Gasteiger partial charge in [0, 0.05) is 27.1 Å². The standard InChI is InChI=1S/C20H21BrN2.ClH/c21-15-9-10-18-17(13-15)16-7-4-8-19(20(16)23-18)22-12-11-14-5-2-1-3-6-14;/h1-3,5-6,9-10,13,19,22-23H,4,7-8,11-12H2;1H. The summed E-state index contributed by atoms with van der Waals surface area (Å²) in [6.45, 7) is 1.02. The van der Waals surface area contributed by atoms with E-state index >= 15 is 0 Å². The smallest absolute Gasteiger partial charge is 0.0476 e. The van der Waals surface area contributed by atoms with Crippen LogP contribution in [0.1, 0.15) is 35.7 Å². The van der Waals surface area contributed by atoms with Crippen molar-refractivity contribution in [3.63, 3.8) is 0 Å². The zero-order valence-electron chi connectivity index (χ0n) is 13.5. The fourth-order valence-electron chi connectivity index (χ4n) is 3.67. The number of halogens is 2. The monoisotopic (exact) mass is 404 g/mol. The summed E-state index contributed by atoms with van der Waals surface area (Å²) in [7, 11) is 0. The maximum absolute atomic E-state index is 3.76. The number of fused-ring (bicyclic) bond motifs is 3. The maximum Gasteiger partial charge on any atom is 0.0476 e. The molecule has 126 valence electrons. The Kier molecular flexibility index (Phi) is 5.65. The number of aryl methyl sites for hydroxylation is 1. The van der Waals surface area contributed by atoms with Crippen LogP contribution in [0.5, 0.6) is 0 Å². The predicted octanol–water partition coefficient (Wildman–Crippen LogP) is 5.56. The Hall–Kier alpha value is -1.29. The van der Waals surface area contributed by atoms with Crippen LogP contribution in [0, 0.1) is 0 Å². The highest BCUT2D eigenvalue weighted by molar-refractivity contribution is 9.10. The summed E-state index contributed by atoms with van der Waals surface area (Å²) in [6, 6.07) is 17.7. The quantitative estimate of drug-likeness (QED) is 0.584. The molecule has 1 aliphatic rings. The molecule has 4 rings (SSSR count). The third-order valence-electron chi connectivity index (χ3n) is 4.82. The molecule has 2 N–H and O–H groups in total. The van der Waals surface area contributed by atoms with Crippen molar-refractivity contribution in [2.45, 2.75) is 31.7 Å². The van der Waals surface area contributed by atoms with Crippen molar-refractivity contribution in [3.05, 3.63) is 69.8 Å². The van der Waals surface area contributed by atoms with Crippen LogP contribution in [-0.4, -0.2) is 11.5 Å². The van der Waals surface area contributed by atoms with Gasteiger partial charge in [-0.2, -0.15) is 0 Å². The summed E-state index contributed by atoms with van der Waals surface area (Å²) in [5.41, 5.74) is 5.56. The largest absolute Gasteiger partial charge is 0.357 e. The summed E-state index contributed by atoms with van der Waals surface area (Å²) < 4.78 is 1.16. The summed E-state index contributed by atoms with van der Waals surface area (Å²) in [4.78, 5) is 3.66. The number of benzene rings is 2. The first-order valence-electron chi connectivity index (χ1n) is 8.38. The Bertz CT molecular complexity index is 813. The second-order valence-corrected chi connectivity index (χ2v) is 7.26. The van der Waals surface area contributed by atoms with Gasteiger partial charge in [-0.05, 0) is 61.6 Å². The van der Waals surface area contributed by atoms with Crippen LogP contribution in [0.4, 0.5) is 0 Å². The molecular formula is C20H22BrClN2. The molecule has 0 amide bonds. The maximum atomic E-state index is 3.76. The van der Waals surface area contributed by atoms with E-state index in [1.807, 2.05) is 0 Å². The number of hydrogen-bond acceptors (Lipinski definition) is 1. The fourth-order valence-corrected chi connectivity index (χ4v) is 4.04. The number of aromatic amines is 1. The highest BCUT2D eigenvalue weighted by Gasteiger charge is 2.23. The van der Waals surface area contributed by atoms with Crippen LogP contribution >= 0.6 is 28.3 Å². The normalized spacial score (nSPS) is 16.6. The molecular weight excluding hydrogens is 384 g/mol. The second kappa shape index (κ2) is 7.73. The molecule has 4 heteroatoms. The molecule has 0 spiro atoms. The lowest BCUT2D eigenvalue weighted by molar-refractivity contribution is 0.456. The highest BCUT2D eigenvalue weighted by Crippen LogP contribution is 2.35. The number of rotatable bonds is 4. The third-order valence-corrected chi connectivity index (χ3v) is 5.31. The van der Waals surface area contributed by atoms with E-state index < -0.39 is 0 Å². The first-order chi connectivity index (χ1) is 11.3. The molecule has 0 saturated carbocycles. The lowest BCUT2D eigenvalue weighted by atomic mass is 9.91. The van der Waals surface area contributed by atoms with Gasteiger partial charge in [-0.1, -0.05) is 46.3 Å². The van der Waals surface area contributed by atoms with Crippen molar-refractivity contribution >= 4 is 39.2 Å². The van der Waals surface area contributed by atoms with Gasteiger partial charge in [0.05, 0.1) is 0 Å². The van der Waals surface area contributed by atoms with Gasteiger partial charge in [-0.15, -0.1) is 12.4 Å². The van der Waals surface area contributed by atoms with Crippen molar-refractivity contribution in [2.24, 2.45) is 0 Å². The van der Waals surface area contributed by atoms with Gasteiger partial charge in [0.25, 0.3) is 0 Å². The van der Waals surface area contributed by atoms with Gasteiger partial charge in [0.15, 0.2) is 0 Å². The third kappa shape index (κ3) is 3.53. The minimum atomic E-state index is 0. The molecule has 1 unspecified atom stereocenters. The lowest BCUT2D eigenvalue weighted by Gasteiger charge is -2.24. The van der Waals surface area contributed by atoms with E-state index in [2.05, 4.69) is 74.8 Å². The number of aromatic nitrogens is 1. The Balaban J connectivity index is 0.00000169. The summed E-state index contributed by atoms with van der Waals surface area (Å²) in [6.07, 6.45) is 4.74. The van der Waals surface area contributed by atoms with E-state index in [0.717, 1.165) is 17.4 Å². The zero-order valence-corrected chi connectivity index (χ0v) is 15.9. The number of hydrogen-bond donors (Lipinski definition) is 2. The van der Waals surface area contributed by atoms with Crippen LogP contribution in [0.3, 0.4) is 0 Å². The molecule has 3 aromatic rings. The molecule has 0 aliphatic heterocycles. The van der Waals surface area contributed by atoms with Crippen LogP contribution < -0.4 is 5.32 Å². The molecule has 1 atom stereocenters. The first kappa shape index (κ1) is 17.5. The van der Waals surface area contributed by atoms with Crippen molar-refractivity contribution < 1.29 is 0 Å². The zero-order chi connectivity index (χ0) is 15.6. The van der Waals surface area contributed by atoms with Crippen molar-refractivity contribution in [3.8, 4) is 0 Å². The van der Waals surface area contributed by atoms with E-state index in [1.165, 1.54) is 47.0 Å². The number of H-pyrrole nitrogens is 1. The Morgan fingerprint density at radius 1 is 1.12 bits per heavy atom. The van der Waals surface area contributed by atoms with E-state index in [0.29, 0.717) is 6.04 Å². The van der Waals surface area contributed by atoms with E-state index in [1.54, 1.807) is 0 Å². The topological polar surface area (TPSA) is 27.8 Å². The summed E-state index contributed by atoms with van der Waals surface area (Å²) >= 11 is 3.60. The molecule has 1 aliphatic carbocycles. The predicted molar refractivity (Wildman–Crippen MR) is 107 cm³/mol. The van der Waals surface area contributed by atoms with Gasteiger partial charge in [0.2, 0.25) is 0 Å². The molecule has 0 bridgehead atoms. The Morgan fingerprint density at radius 3 is 2.79 bits per heavy atom. The number of nitrogens with one attached hydrogen (secondary N) is 2.